The van der Waals surface area contributed by atoms with E-state index in [1.807, 2.05) is 36.9 Å². The van der Waals surface area contributed by atoms with Crippen LogP contribution in [0.1, 0.15) is 27.4 Å². The van der Waals surface area contributed by atoms with E-state index in [0.29, 0.717) is 31.9 Å². The maximum absolute atomic E-state index is 12.7. The summed E-state index contributed by atoms with van der Waals surface area (Å²) in [5.41, 5.74) is 3.47. The fraction of sp³-hybridized carbons (Fsp3) is 0.444. The number of ether oxygens (including phenoxy) is 1. The molecule has 2 aromatic heterocycles. The molecule has 3 rings (SSSR count). The zero-order valence-electron chi connectivity index (χ0n) is 14.1. The topological polar surface area (TPSA) is 68.2 Å². The molecule has 0 radical (unpaired) electrons. The molecule has 1 saturated heterocycles. The van der Waals surface area contributed by atoms with Crippen molar-refractivity contribution >= 4 is 5.91 Å². The van der Waals surface area contributed by atoms with Crippen molar-refractivity contribution in [2.45, 2.75) is 20.3 Å². The van der Waals surface area contributed by atoms with Gasteiger partial charge in [-0.1, -0.05) is 0 Å². The van der Waals surface area contributed by atoms with Gasteiger partial charge in [0, 0.05) is 42.3 Å². The molecule has 1 aliphatic heterocycles. The number of hydrogen-bond acceptors (Lipinski definition) is 5. The van der Waals surface area contributed by atoms with Crippen LogP contribution in [0.4, 0.5) is 0 Å². The first-order valence-corrected chi connectivity index (χ1v) is 8.19. The number of amides is 1. The van der Waals surface area contributed by atoms with Gasteiger partial charge in [0.05, 0.1) is 18.8 Å². The molecule has 0 saturated carbocycles. The van der Waals surface area contributed by atoms with Crippen molar-refractivity contribution in [1.29, 1.82) is 0 Å². The summed E-state index contributed by atoms with van der Waals surface area (Å²) >= 11 is 0. The van der Waals surface area contributed by atoms with E-state index in [1.165, 1.54) is 0 Å². The van der Waals surface area contributed by atoms with Gasteiger partial charge in [-0.05, 0) is 38.5 Å². The second-order valence-electron chi connectivity index (χ2n) is 6.24. The Kier molecular flexibility index (Phi) is 5.15. The molecule has 2 aromatic rings. The predicted molar refractivity (Wildman–Crippen MR) is 89.7 cm³/mol. The lowest BCUT2D eigenvalue weighted by atomic mass is 10.0. The number of aryl methyl sites for hydroxylation is 2. The van der Waals surface area contributed by atoms with E-state index in [2.05, 4.69) is 15.0 Å². The fourth-order valence-electron chi connectivity index (χ4n) is 2.88. The summed E-state index contributed by atoms with van der Waals surface area (Å²) in [6.07, 6.45) is 4.01. The zero-order chi connectivity index (χ0) is 16.9. The van der Waals surface area contributed by atoms with E-state index >= 15 is 0 Å². The lowest BCUT2D eigenvalue weighted by molar-refractivity contribution is 0.0737. The van der Waals surface area contributed by atoms with Crippen molar-refractivity contribution < 1.29 is 9.53 Å². The molecule has 6 nitrogen and oxygen atoms in total. The Hall–Kier alpha value is -2.34. The molecule has 1 aliphatic rings. The molecule has 1 atom stereocenters. The molecule has 1 fully saturated rings. The summed E-state index contributed by atoms with van der Waals surface area (Å²) in [6.45, 7) is 6.33. The van der Waals surface area contributed by atoms with E-state index in [0.717, 1.165) is 23.5 Å². The van der Waals surface area contributed by atoms with Crippen LogP contribution in [-0.2, 0) is 11.2 Å². The number of carbonyl (C=O) groups is 1. The van der Waals surface area contributed by atoms with Crippen LogP contribution >= 0.6 is 0 Å². The van der Waals surface area contributed by atoms with Crippen molar-refractivity contribution in [3.63, 3.8) is 0 Å². The quantitative estimate of drug-likeness (QED) is 0.860. The average molecular weight is 326 g/mol. The fourth-order valence-corrected chi connectivity index (χ4v) is 2.88. The molecule has 6 heteroatoms. The van der Waals surface area contributed by atoms with E-state index in [-0.39, 0.29) is 11.8 Å². The molecule has 0 aliphatic carbocycles. The summed E-state index contributed by atoms with van der Waals surface area (Å²) in [7, 11) is 0. The predicted octanol–water partition coefficient (Wildman–Crippen LogP) is 1.82. The van der Waals surface area contributed by atoms with Crippen LogP contribution in [0.25, 0.3) is 0 Å². The molecule has 0 N–H and O–H groups in total. The minimum Gasteiger partial charge on any atom is -0.379 e. The molecule has 0 spiro atoms. The standard InChI is InChI=1S/C18H22N4O2/c1-13-3-4-16(9-19-13)18(23)22-5-6-24-11-15(10-22)8-17-7-14(2)20-12-21-17/h3-4,7,9,12,15H,5-6,8,10-11H2,1-2H3/t15-/m0/s1. The monoisotopic (exact) mass is 326 g/mol. The van der Waals surface area contributed by atoms with E-state index < -0.39 is 0 Å². The Labute approximate surface area is 141 Å². The zero-order valence-corrected chi connectivity index (χ0v) is 14.1. The Bertz CT molecular complexity index is 702. The number of rotatable bonds is 3. The number of nitrogens with zero attached hydrogens (tertiary/aromatic N) is 4. The highest BCUT2D eigenvalue weighted by atomic mass is 16.5. The maximum atomic E-state index is 12.7. The highest BCUT2D eigenvalue weighted by Gasteiger charge is 2.24. The molecule has 1 amide bonds. The van der Waals surface area contributed by atoms with Gasteiger partial charge in [-0.2, -0.15) is 0 Å². The Balaban J connectivity index is 1.70. The van der Waals surface area contributed by atoms with Gasteiger partial charge in [0.1, 0.15) is 6.33 Å². The molecular weight excluding hydrogens is 304 g/mol. The van der Waals surface area contributed by atoms with Crippen LogP contribution in [0.5, 0.6) is 0 Å². The first-order valence-electron chi connectivity index (χ1n) is 8.19. The van der Waals surface area contributed by atoms with Gasteiger partial charge in [-0.3, -0.25) is 9.78 Å². The normalized spacial score (nSPS) is 18.2. The molecule has 0 unspecified atom stereocenters. The summed E-state index contributed by atoms with van der Waals surface area (Å²) in [5.74, 6) is 0.237. The van der Waals surface area contributed by atoms with Gasteiger partial charge in [0.15, 0.2) is 0 Å². The number of carbonyl (C=O) groups excluding carboxylic acids is 1. The third kappa shape index (κ3) is 4.14. The van der Waals surface area contributed by atoms with Crippen molar-refractivity contribution in [3.05, 3.63) is 53.4 Å². The summed E-state index contributed by atoms with van der Waals surface area (Å²) in [4.78, 5) is 27.2. The van der Waals surface area contributed by atoms with Gasteiger partial charge in [-0.25, -0.2) is 9.97 Å². The van der Waals surface area contributed by atoms with E-state index in [1.54, 1.807) is 12.5 Å². The SMILES string of the molecule is Cc1ccc(C(=O)N2CCOC[C@@H](Cc3cc(C)ncn3)C2)cn1. The third-order valence-electron chi connectivity index (χ3n) is 4.14. The molecular formula is C18H22N4O2. The second kappa shape index (κ2) is 7.49. The van der Waals surface area contributed by atoms with Gasteiger partial charge in [-0.15, -0.1) is 0 Å². The Morgan fingerprint density at radius 3 is 2.88 bits per heavy atom. The first-order chi connectivity index (χ1) is 11.6. The maximum Gasteiger partial charge on any atom is 0.255 e. The van der Waals surface area contributed by atoms with Crippen molar-refractivity contribution in [1.82, 2.24) is 19.9 Å². The Morgan fingerprint density at radius 1 is 1.25 bits per heavy atom. The largest absolute Gasteiger partial charge is 0.379 e. The first kappa shape index (κ1) is 16.5. The second-order valence-corrected chi connectivity index (χ2v) is 6.24. The molecule has 126 valence electrons. The molecule has 3 heterocycles. The van der Waals surface area contributed by atoms with Gasteiger partial charge in [0.25, 0.3) is 5.91 Å². The molecule has 0 aromatic carbocycles. The van der Waals surface area contributed by atoms with Crippen LogP contribution in [0.2, 0.25) is 0 Å². The summed E-state index contributed by atoms with van der Waals surface area (Å²) < 4.78 is 5.69. The number of hydrogen-bond donors (Lipinski definition) is 0. The van der Waals surface area contributed by atoms with E-state index in [4.69, 9.17) is 4.74 Å². The molecule has 24 heavy (non-hydrogen) atoms. The van der Waals surface area contributed by atoms with Gasteiger partial charge >= 0.3 is 0 Å². The van der Waals surface area contributed by atoms with E-state index in [9.17, 15) is 4.79 Å². The lowest BCUT2D eigenvalue weighted by Gasteiger charge is -2.23. The summed E-state index contributed by atoms with van der Waals surface area (Å²) in [6, 6.07) is 5.68. The lowest BCUT2D eigenvalue weighted by Crippen LogP contribution is -2.36. The minimum absolute atomic E-state index is 0.0110. The summed E-state index contributed by atoms with van der Waals surface area (Å²) in [5, 5.41) is 0. The molecule has 0 bridgehead atoms. The van der Waals surface area contributed by atoms with Crippen molar-refractivity contribution in [2.24, 2.45) is 5.92 Å². The van der Waals surface area contributed by atoms with Crippen LogP contribution in [0.15, 0.2) is 30.7 Å². The smallest absolute Gasteiger partial charge is 0.255 e. The van der Waals surface area contributed by atoms with Gasteiger partial charge < -0.3 is 9.64 Å². The van der Waals surface area contributed by atoms with Crippen LogP contribution in [-0.4, -0.2) is 52.1 Å². The highest BCUT2D eigenvalue weighted by molar-refractivity contribution is 5.93. The average Bonchev–Trinajstić information content (AvgIpc) is 2.80. The van der Waals surface area contributed by atoms with Crippen LogP contribution in [0, 0.1) is 19.8 Å². The van der Waals surface area contributed by atoms with Crippen LogP contribution in [0.3, 0.4) is 0 Å². The Morgan fingerprint density at radius 2 is 2.12 bits per heavy atom. The van der Waals surface area contributed by atoms with Crippen molar-refractivity contribution in [3.8, 4) is 0 Å². The number of aromatic nitrogens is 3. The van der Waals surface area contributed by atoms with Gasteiger partial charge in [0.2, 0.25) is 0 Å². The highest BCUT2D eigenvalue weighted by Crippen LogP contribution is 2.15. The van der Waals surface area contributed by atoms with Crippen LogP contribution < -0.4 is 0 Å². The number of pyridine rings is 1. The van der Waals surface area contributed by atoms with Crippen molar-refractivity contribution in [2.75, 3.05) is 26.3 Å². The third-order valence-corrected chi connectivity index (χ3v) is 4.14. The minimum atomic E-state index is 0.0110.